The van der Waals surface area contributed by atoms with Crippen LogP contribution >= 0.6 is 11.6 Å². The van der Waals surface area contributed by atoms with E-state index >= 15 is 0 Å². The molecule has 4 rings (SSSR count). The standard InChI is InChI=1S/C24H22ClNO2/c1-13(2)15-7-5-8-16(14(3)4)22(15)26-23(27)18-10-6-9-17-20(25)12-11-19(21(17)18)24(26)28/h5-14H,1-4H3. The Morgan fingerprint density at radius 1 is 0.750 bits per heavy atom. The van der Waals surface area contributed by atoms with Gasteiger partial charge in [0.15, 0.2) is 0 Å². The Balaban J connectivity index is 2.04. The summed E-state index contributed by atoms with van der Waals surface area (Å²) in [5.74, 6) is -0.228. The lowest BCUT2D eigenvalue weighted by Crippen LogP contribution is -2.41. The number of imide groups is 1. The summed E-state index contributed by atoms with van der Waals surface area (Å²) in [6, 6.07) is 14.9. The third-order valence-electron chi connectivity index (χ3n) is 5.42. The molecule has 4 heteroatoms. The second-order valence-electron chi connectivity index (χ2n) is 7.86. The fourth-order valence-electron chi connectivity index (χ4n) is 4.03. The Morgan fingerprint density at radius 2 is 1.29 bits per heavy atom. The Bertz CT molecular complexity index is 1080. The maximum Gasteiger partial charge on any atom is 0.266 e. The van der Waals surface area contributed by atoms with E-state index < -0.39 is 0 Å². The summed E-state index contributed by atoms with van der Waals surface area (Å²) in [5, 5.41) is 1.92. The van der Waals surface area contributed by atoms with Crippen LogP contribution in [-0.4, -0.2) is 11.8 Å². The van der Waals surface area contributed by atoms with Crippen LogP contribution in [0.1, 0.15) is 71.4 Å². The molecule has 3 aromatic carbocycles. The third-order valence-corrected chi connectivity index (χ3v) is 5.75. The number of carbonyl (C=O) groups excluding carboxylic acids is 2. The van der Waals surface area contributed by atoms with Gasteiger partial charge >= 0.3 is 0 Å². The average molecular weight is 392 g/mol. The molecule has 0 saturated heterocycles. The van der Waals surface area contributed by atoms with E-state index in [1.165, 1.54) is 4.90 Å². The van der Waals surface area contributed by atoms with Crippen LogP contribution in [0.5, 0.6) is 0 Å². The minimum atomic E-state index is -0.291. The van der Waals surface area contributed by atoms with Gasteiger partial charge in [0.25, 0.3) is 11.8 Å². The number of rotatable bonds is 3. The van der Waals surface area contributed by atoms with Gasteiger partial charge in [0.05, 0.1) is 5.69 Å². The average Bonchev–Trinajstić information content (AvgIpc) is 2.67. The summed E-state index contributed by atoms with van der Waals surface area (Å²) >= 11 is 6.33. The monoisotopic (exact) mass is 391 g/mol. The van der Waals surface area contributed by atoms with Gasteiger partial charge in [-0.1, -0.05) is 69.6 Å². The van der Waals surface area contributed by atoms with E-state index in [1.54, 1.807) is 18.2 Å². The molecule has 1 heterocycles. The summed E-state index contributed by atoms with van der Waals surface area (Å²) in [7, 11) is 0. The molecule has 2 amide bonds. The van der Waals surface area contributed by atoms with Crippen molar-refractivity contribution in [2.24, 2.45) is 0 Å². The molecule has 0 spiro atoms. The lowest BCUT2D eigenvalue weighted by molar-refractivity contribution is 0.0893. The molecule has 1 aliphatic heterocycles. The van der Waals surface area contributed by atoms with Crippen molar-refractivity contribution in [2.75, 3.05) is 4.90 Å². The van der Waals surface area contributed by atoms with Gasteiger partial charge in [0, 0.05) is 26.9 Å². The highest BCUT2D eigenvalue weighted by molar-refractivity contribution is 6.41. The zero-order valence-electron chi connectivity index (χ0n) is 16.4. The largest absolute Gasteiger partial charge is 0.268 e. The van der Waals surface area contributed by atoms with Crippen LogP contribution in [0.2, 0.25) is 5.02 Å². The molecule has 0 bridgehead atoms. The van der Waals surface area contributed by atoms with Gasteiger partial charge in [-0.15, -0.1) is 0 Å². The van der Waals surface area contributed by atoms with Crippen molar-refractivity contribution in [1.82, 2.24) is 0 Å². The highest BCUT2D eigenvalue weighted by atomic mass is 35.5. The van der Waals surface area contributed by atoms with E-state index in [-0.39, 0.29) is 23.7 Å². The first-order valence-corrected chi connectivity index (χ1v) is 9.93. The highest BCUT2D eigenvalue weighted by Crippen LogP contribution is 2.41. The predicted molar refractivity (Wildman–Crippen MR) is 115 cm³/mol. The number of hydrogen-bond donors (Lipinski definition) is 0. The topological polar surface area (TPSA) is 37.4 Å². The molecular weight excluding hydrogens is 370 g/mol. The van der Waals surface area contributed by atoms with E-state index in [9.17, 15) is 9.59 Å². The SMILES string of the molecule is CC(C)c1cccc(C(C)C)c1N1C(=O)c2cccc3c(Cl)ccc(c23)C1=O. The zero-order chi connectivity index (χ0) is 20.2. The minimum absolute atomic E-state index is 0.178. The molecule has 1 aliphatic rings. The van der Waals surface area contributed by atoms with Gasteiger partial charge < -0.3 is 0 Å². The quantitative estimate of drug-likeness (QED) is 0.475. The molecule has 3 nitrogen and oxygen atoms in total. The molecule has 0 N–H and O–H groups in total. The first kappa shape index (κ1) is 18.7. The van der Waals surface area contributed by atoms with Crippen molar-refractivity contribution in [3.8, 4) is 0 Å². The molecule has 0 unspecified atom stereocenters. The van der Waals surface area contributed by atoms with Crippen molar-refractivity contribution in [2.45, 2.75) is 39.5 Å². The van der Waals surface area contributed by atoms with Gasteiger partial charge in [-0.2, -0.15) is 0 Å². The molecule has 0 radical (unpaired) electrons. The number of para-hydroxylation sites is 1. The number of halogens is 1. The molecule has 0 fully saturated rings. The number of carbonyl (C=O) groups is 2. The van der Waals surface area contributed by atoms with Crippen molar-refractivity contribution in [3.63, 3.8) is 0 Å². The number of anilines is 1. The molecule has 0 aromatic heterocycles. The normalized spacial score (nSPS) is 13.9. The fourth-order valence-corrected chi connectivity index (χ4v) is 4.25. The summed E-state index contributed by atoms with van der Waals surface area (Å²) in [6.07, 6.45) is 0. The van der Waals surface area contributed by atoms with Crippen LogP contribution in [0.25, 0.3) is 10.8 Å². The third kappa shape index (κ3) is 2.65. The van der Waals surface area contributed by atoms with Gasteiger partial charge in [-0.25, -0.2) is 4.90 Å². The second-order valence-corrected chi connectivity index (χ2v) is 8.27. The van der Waals surface area contributed by atoms with E-state index in [0.717, 1.165) is 22.2 Å². The van der Waals surface area contributed by atoms with Crippen LogP contribution in [0.4, 0.5) is 5.69 Å². The van der Waals surface area contributed by atoms with Crippen LogP contribution in [0.15, 0.2) is 48.5 Å². The van der Waals surface area contributed by atoms with E-state index in [0.29, 0.717) is 21.5 Å². The van der Waals surface area contributed by atoms with Gasteiger partial charge in [0.2, 0.25) is 0 Å². The summed E-state index contributed by atoms with van der Waals surface area (Å²) < 4.78 is 0. The Kier molecular flexibility index (Phi) is 4.51. The summed E-state index contributed by atoms with van der Waals surface area (Å²) in [5.41, 5.74) is 3.75. The molecule has 142 valence electrons. The molecule has 3 aromatic rings. The van der Waals surface area contributed by atoms with E-state index in [2.05, 4.69) is 27.7 Å². The molecular formula is C24H22ClNO2. The number of benzene rings is 3. The van der Waals surface area contributed by atoms with Crippen molar-refractivity contribution in [1.29, 1.82) is 0 Å². The minimum Gasteiger partial charge on any atom is -0.268 e. The van der Waals surface area contributed by atoms with Crippen LogP contribution < -0.4 is 4.90 Å². The molecule has 0 aliphatic carbocycles. The van der Waals surface area contributed by atoms with Gasteiger partial charge in [-0.3, -0.25) is 9.59 Å². The second kappa shape index (κ2) is 6.75. The first-order chi connectivity index (χ1) is 13.3. The summed E-state index contributed by atoms with van der Waals surface area (Å²) in [4.78, 5) is 28.4. The van der Waals surface area contributed by atoms with Crippen LogP contribution in [0.3, 0.4) is 0 Å². The maximum absolute atomic E-state index is 13.5. The smallest absolute Gasteiger partial charge is 0.266 e. The number of nitrogens with zero attached hydrogens (tertiary/aromatic N) is 1. The molecule has 0 atom stereocenters. The lowest BCUT2D eigenvalue weighted by Gasteiger charge is -2.32. The van der Waals surface area contributed by atoms with Crippen LogP contribution in [0, 0.1) is 0 Å². The maximum atomic E-state index is 13.5. The van der Waals surface area contributed by atoms with Crippen molar-refractivity contribution < 1.29 is 9.59 Å². The molecule has 28 heavy (non-hydrogen) atoms. The van der Waals surface area contributed by atoms with Crippen molar-refractivity contribution >= 4 is 39.9 Å². The fraction of sp³-hybridized carbons (Fsp3) is 0.250. The van der Waals surface area contributed by atoms with Gasteiger partial charge in [0.1, 0.15) is 0 Å². The Hall–Kier alpha value is -2.65. The van der Waals surface area contributed by atoms with E-state index in [1.807, 2.05) is 30.3 Å². The highest BCUT2D eigenvalue weighted by Gasteiger charge is 2.37. The van der Waals surface area contributed by atoms with E-state index in [4.69, 9.17) is 11.6 Å². The zero-order valence-corrected chi connectivity index (χ0v) is 17.2. The molecule has 0 saturated carbocycles. The lowest BCUT2D eigenvalue weighted by atomic mass is 9.88. The Morgan fingerprint density at radius 3 is 1.86 bits per heavy atom. The van der Waals surface area contributed by atoms with Crippen molar-refractivity contribution in [3.05, 3.63) is 75.8 Å². The summed E-state index contributed by atoms with van der Waals surface area (Å²) in [6.45, 7) is 8.32. The van der Waals surface area contributed by atoms with Crippen LogP contribution in [-0.2, 0) is 0 Å². The first-order valence-electron chi connectivity index (χ1n) is 9.55. The predicted octanol–water partition coefficient (Wildman–Crippen LogP) is 6.54. The van der Waals surface area contributed by atoms with Gasteiger partial charge in [-0.05, 0) is 41.2 Å². The Labute approximate surface area is 169 Å². The number of amides is 2. The number of hydrogen-bond acceptors (Lipinski definition) is 2.